The van der Waals surface area contributed by atoms with Crippen LogP contribution in [0.1, 0.15) is 15.9 Å². The van der Waals surface area contributed by atoms with Gasteiger partial charge in [0.25, 0.3) is 5.91 Å². The minimum Gasteiger partial charge on any atom is -0.480 e. The fraction of sp³-hybridized carbons (Fsp3) is 0.125. The van der Waals surface area contributed by atoms with Crippen molar-refractivity contribution in [3.63, 3.8) is 0 Å². The molecule has 1 atom stereocenters. The maximum atomic E-state index is 13.1. The third kappa shape index (κ3) is 4.59. The number of carbonyl (C=O) groups excluding carboxylic acids is 1. The first-order valence-corrected chi connectivity index (χ1v) is 7.39. The third-order valence-electron chi connectivity index (χ3n) is 3.14. The zero-order valence-corrected chi connectivity index (χ0v) is 13.3. The molecule has 4 nitrogen and oxygen atoms in total. The molecule has 2 N–H and O–H groups in total. The zero-order chi connectivity index (χ0) is 17.0. The predicted molar refractivity (Wildman–Crippen MR) is 83.1 cm³/mol. The summed E-state index contributed by atoms with van der Waals surface area (Å²) in [5.41, 5.74) is 0.567. The Balaban J connectivity index is 2.12. The van der Waals surface area contributed by atoms with Crippen LogP contribution in [0.25, 0.3) is 0 Å². The number of amides is 1. The van der Waals surface area contributed by atoms with Gasteiger partial charge in [-0.05, 0) is 35.9 Å². The smallest absolute Gasteiger partial charge is 0.326 e. The number of aliphatic carboxylic acids is 1. The second kappa shape index (κ2) is 7.32. The SMILES string of the molecule is O=C(N[C@@H](Cc1ccc(Br)cc1)C(=O)O)c1ccc(F)c(F)c1. The molecule has 0 saturated heterocycles. The van der Waals surface area contributed by atoms with Crippen molar-refractivity contribution in [2.75, 3.05) is 0 Å². The van der Waals surface area contributed by atoms with Gasteiger partial charge >= 0.3 is 5.97 Å². The van der Waals surface area contributed by atoms with Gasteiger partial charge in [-0.15, -0.1) is 0 Å². The predicted octanol–water partition coefficient (Wildman–Crippen LogP) is 3.15. The van der Waals surface area contributed by atoms with Crippen molar-refractivity contribution in [2.45, 2.75) is 12.5 Å². The number of carboxylic acid groups (broad SMARTS) is 1. The number of nitrogens with one attached hydrogen (secondary N) is 1. The lowest BCUT2D eigenvalue weighted by molar-refractivity contribution is -0.139. The molecule has 2 rings (SSSR count). The lowest BCUT2D eigenvalue weighted by Crippen LogP contribution is -2.42. The van der Waals surface area contributed by atoms with E-state index in [-0.39, 0.29) is 12.0 Å². The summed E-state index contributed by atoms with van der Waals surface area (Å²) in [5.74, 6) is -4.25. The summed E-state index contributed by atoms with van der Waals surface area (Å²) in [4.78, 5) is 23.3. The lowest BCUT2D eigenvalue weighted by Gasteiger charge is -2.15. The standard InChI is InChI=1S/C16H12BrF2NO3/c17-11-4-1-9(2-5-11)7-14(16(22)23)20-15(21)10-3-6-12(18)13(19)8-10/h1-6,8,14H,7H2,(H,20,21)(H,22,23)/t14-/m0/s1. The Morgan fingerprint density at radius 2 is 1.74 bits per heavy atom. The molecule has 0 aromatic heterocycles. The summed E-state index contributed by atoms with van der Waals surface area (Å²) in [6.07, 6.45) is 0.0675. The van der Waals surface area contributed by atoms with Gasteiger partial charge in [0.2, 0.25) is 0 Å². The van der Waals surface area contributed by atoms with Gasteiger partial charge in [-0.2, -0.15) is 0 Å². The summed E-state index contributed by atoms with van der Waals surface area (Å²) in [6.45, 7) is 0. The van der Waals surface area contributed by atoms with Crippen LogP contribution in [-0.4, -0.2) is 23.0 Å². The van der Waals surface area contributed by atoms with E-state index >= 15 is 0 Å². The molecule has 120 valence electrons. The van der Waals surface area contributed by atoms with Crippen molar-refractivity contribution in [1.82, 2.24) is 5.32 Å². The average molecular weight is 384 g/mol. The topological polar surface area (TPSA) is 66.4 Å². The largest absolute Gasteiger partial charge is 0.480 e. The lowest BCUT2D eigenvalue weighted by atomic mass is 10.1. The van der Waals surface area contributed by atoms with Crippen molar-refractivity contribution >= 4 is 27.8 Å². The number of carboxylic acids is 1. The molecule has 0 radical (unpaired) electrons. The number of rotatable bonds is 5. The zero-order valence-electron chi connectivity index (χ0n) is 11.7. The van der Waals surface area contributed by atoms with E-state index < -0.39 is 29.6 Å². The van der Waals surface area contributed by atoms with E-state index in [1.54, 1.807) is 24.3 Å². The maximum absolute atomic E-state index is 13.1. The average Bonchev–Trinajstić information content (AvgIpc) is 2.51. The van der Waals surface area contributed by atoms with Gasteiger partial charge in [0, 0.05) is 16.5 Å². The fourth-order valence-corrected chi connectivity index (χ4v) is 2.20. The Morgan fingerprint density at radius 3 is 2.30 bits per heavy atom. The molecule has 0 saturated carbocycles. The van der Waals surface area contributed by atoms with Crippen molar-refractivity contribution < 1.29 is 23.5 Å². The first-order chi connectivity index (χ1) is 10.9. The Morgan fingerprint density at radius 1 is 1.09 bits per heavy atom. The van der Waals surface area contributed by atoms with E-state index in [9.17, 15) is 23.5 Å². The van der Waals surface area contributed by atoms with Crippen LogP contribution in [-0.2, 0) is 11.2 Å². The molecule has 0 unspecified atom stereocenters. The van der Waals surface area contributed by atoms with E-state index in [0.29, 0.717) is 5.56 Å². The van der Waals surface area contributed by atoms with Crippen molar-refractivity contribution in [3.05, 3.63) is 69.7 Å². The molecule has 0 aliphatic carbocycles. The molecule has 23 heavy (non-hydrogen) atoms. The number of hydrogen-bond acceptors (Lipinski definition) is 2. The molecule has 1 amide bonds. The van der Waals surface area contributed by atoms with E-state index in [4.69, 9.17) is 0 Å². The monoisotopic (exact) mass is 383 g/mol. The van der Waals surface area contributed by atoms with E-state index in [1.165, 1.54) is 0 Å². The molecule has 2 aromatic rings. The Labute approximate surface area is 139 Å². The number of hydrogen-bond donors (Lipinski definition) is 2. The van der Waals surface area contributed by atoms with Gasteiger partial charge in [0.1, 0.15) is 6.04 Å². The van der Waals surface area contributed by atoms with Crippen LogP contribution in [0.3, 0.4) is 0 Å². The van der Waals surface area contributed by atoms with E-state index in [0.717, 1.165) is 22.7 Å². The number of halogens is 3. The van der Waals surface area contributed by atoms with Crippen LogP contribution in [0.5, 0.6) is 0 Å². The van der Waals surface area contributed by atoms with E-state index in [1.807, 2.05) is 0 Å². The van der Waals surface area contributed by atoms with Gasteiger partial charge < -0.3 is 10.4 Å². The summed E-state index contributed by atoms with van der Waals surface area (Å²) in [7, 11) is 0. The second-order valence-corrected chi connectivity index (χ2v) is 5.74. The summed E-state index contributed by atoms with van der Waals surface area (Å²) >= 11 is 3.27. The van der Waals surface area contributed by atoms with E-state index in [2.05, 4.69) is 21.2 Å². The summed E-state index contributed by atoms with van der Waals surface area (Å²) < 4.78 is 26.9. The van der Waals surface area contributed by atoms with Crippen LogP contribution in [0, 0.1) is 11.6 Å². The molecule has 0 heterocycles. The summed E-state index contributed by atoms with van der Waals surface area (Å²) in [6, 6.07) is 8.41. The molecule has 0 bridgehead atoms. The Hall–Kier alpha value is -2.28. The highest BCUT2D eigenvalue weighted by molar-refractivity contribution is 9.10. The van der Waals surface area contributed by atoms with Gasteiger partial charge in [0.05, 0.1) is 0 Å². The van der Waals surface area contributed by atoms with Crippen LogP contribution in [0.15, 0.2) is 46.9 Å². The second-order valence-electron chi connectivity index (χ2n) is 4.82. The highest BCUT2D eigenvalue weighted by Crippen LogP contribution is 2.13. The van der Waals surface area contributed by atoms with Gasteiger partial charge in [-0.3, -0.25) is 4.79 Å². The quantitative estimate of drug-likeness (QED) is 0.833. The minimum atomic E-state index is -1.22. The fourth-order valence-electron chi connectivity index (χ4n) is 1.94. The Bertz CT molecular complexity index is 735. The molecule has 2 aromatic carbocycles. The highest BCUT2D eigenvalue weighted by atomic mass is 79.9. The number of carbonyl (C=O) groups is 2. The first-order valence-electron chi connectivity index (χ1n) is 6.60. The number of benzene rings is 2. The molecule has 0 aliphatic heterocycles. The van der Waals surface area contributed by atoms with Crippen LogP contribution in [0.2, 0.25) is 0 Å². The molecule has 0 fully saturated rings. The van der Waals surface area contributed by atoms with Gasteiger partial charge in [-0.25, -0.2) is 13.6 Å². The molecule has 0 spiro atoms. The van der Waals surface area contributed by atoms with Crippen LogP contribution < -0.4 is 5.32 Å². The van der Waals surface area contributed by atoms with Crippen molar-refractivity contribution in [1.29, 1.82) is 0 Å². The normalized spacial score (nSPS) is 11.8. The molecular weight excluding hydrogens is 372 g/mol. The Kier molecular flexibility index (Phi) is 5.44. The molecule has 7 heteroatoms. The third-order valence-corrected chi connectivity index (χ3v) is 3.67. The van der Waals surface area contributed by atoms with Gasteiger partial charge in [-0.1, -0.05) is 28.1 Å². The maximum Gasteiger partial charge on any atom is 0.326 e. The molecule has 0 aliphatic rings. The summed E-state index contributed by atoms with van der Waals surface area (Å²) in [5, 5.41) is 11.5. The van der Waals surface area contributed by atoms with Crippen molar-refractivity contribution in [3.8, 4) is 0 Å². The van der Waals surface area contributed by atoms with Crippen LogP contribution >= 0.6 is 15.9 Å². The van der Waals surface area contributed by atoms with Crippen molar-refractivity contribution in [2.24, 2.45) is 0 Å². The minimum absolute atomic E-state index is 0.0675. The van der Waals surface area contributed by atoms with Gasteiger partial charge in [0.15, 0.2) is 11.6 Å². The van der Waals surface area contributed by atoms with Crippen LogP contribution in [0.4, 0.5) is 8.78 Å². The first kappa shape index (κ1) is 17.1. The molecular formula is C16H12BrF2NO3. The highest BCUT2D eigenvalue weighted by Gasteiger charge is 2.21.